The zero-order valence-electron chi connectivity index (χ0n) is 10.9. The maximum Gasteiger partial charge on any atom is 0.128 e. The first kappa shape index (κ1) is 13.3. The third-order valence-corrected chi connectivity index (χ3v) is 3.16. The molecule has 2 rings (SSSR count). The lowest BCUT2D eigenvalue weighted by Gasteiger charge is -2.17. The largest absolute Gasteiger partial charge is 0.396 e. The molecule has 2 N–H and O–H groups in total. The quantitative estimate of drug-likeness (QED) is 0.861. The molecule has 19 heavy (non-hydrogen) atoms. The van der Waals surface area contributed by atoms with Crippen molar-refractivity contribution in [1.82, 2.24) is 4.98 Å². The second-order valence-corrected chi connectivity index (χ2v) is 4.45. The van der Waals surface area contributed by atoms with E-state index in [4.69, 9.17) is 5.11 Å². The van der Waals surface area contributed by atoms with Crippen LogP contribution in [0.15, 0.2) is 30.3 Å². The van der Waals surface area contributed by atoms with E-state index < -0.39 is 0 Å². The molecule has 98 valence electrons. The van der Waals surface area contributed by atoms with E-state index in [2.05, 4.69) is 23.3 Å². The van der Waals surface area contributed by atoms with Gasteiger partial charge in [-0.2, -0.15) is 5.26 Å². The highest BCUT2D eigenvalue weighted by atomic mass is 16.3. The average Bonchev–Trinajstić information content (AvgIpc) is 2.45. The van der Waals surface area contributed by atoms with Gasteiger partial charge in [0, 0.05) is 18.0 Å². The normalized spacial score (nSPS) is 12.1. The average molecular weight is 255 g/mol. The molecule has 0 aliphatic carbocycles. The van der Waals surface area contributed by atoms with Crippen LogP contribution in [0.2, 0.25) is 0 Å². The standard InChI is InChI=1S/C15H17N3O/c1-2-12(7-8-19)17-15-9-11(10-16)13-5-3-4-6-14(13)18-15/h3-6,9,12,19H,2,7-8H2,1H3,(H,17,18). The summed E-state index contributed by atoms with van der Waals surface area (Å²) in [5, 5.41) is 22.4. The number of hydrogen-bond donors (Lipinski definition) is 2. The van der Waals surface area contributed by atoms with Gasteiger partial charge in [0.15, 0.2) is 0 Å². The first-order valence-corrected chi connectivity index (χ1v) is 6.45. The van der Waals surface area contributed by atoms with Crippen LogP contribution in [0.4, 0.5) is 5.82 Å². The molecule has 4 heteroatoms. The molecular weight excluding hydrogens is 238 g/mol. The fourth-order valence-corrected chi connectivity index (χ4v) is 2.09. The molecule has 0 aliphatic rings. The summed E-state index contributed by atoms with van der Waals surface area (Å²) < 4.78 is 0. The number of nitrogens with zero attached hydrogens (tertiary/aromatic N) is 2. The van der Waals surface area contributed by atoms with Crippen molar-refractivity contribution >= 4 is 16.7 Å². The molecule has 0 saturated heterocycles. The van der Waals surface area contributed by atoms with Crippen LogP contribution < -0.4 is 5.32 Å². The van der Waals surface area contributed by atoms with Gasteiger partial charge in [-0.15, -0.1) is 0 Å². The fourth-order valence-electron chi connectivity index (χ4n) is 2.09. The Morgan fingerprint density at radius 3 is 2.89 bits per heavy atom. The molecule has 1 atom stereocenters. The van der Waals surface area contributed by atoms with Gasteiger partial charge in [-0.1, -0.05) is 25.1 Å². The lowest BCUT2D eigenvalue weighted by Crippen LogP contribution is -2.20. The number of aliphatic hydroxyl groups is 1. The predicted molar refractivity (Wildman–Crippen MR) is 75.9 cm³/mol. The Morgan fingerprint density at radius 1 is 1.42 bits per heavy atom. The summed E-state index contributed by atoms with van der Waals surface area (Å²) >= 11 is 0. The van der Waals surface area contributed by atoms with Crippen molar-refractivity contribution in [2.24, 2.45) is 0 Å². The first-order chi connectivity index (χ1) is 9.28. The van der Waals surface area contributed by atoms with Gasteiger partial charge in [-0.3, -0.25) is 0 Å². The van der Waals surface area contributed by atoms with Gasteiger partial charge >= 0.3 is 0 Å². The molecule has 4 nitrogen and oxygen atoms in total. The van der Waals surface area contributed by atoms with Crippen molar-refractivity contribution in [3.63, 3.8) is 0 Å². The van der Waals surface area contributed by atoms with Gasteiger partial charge in [0.1, 0.15) is 5.82 Å². The molecule has 0 spiro atoms. The van der Waals surface area contributed by atoms with Crippen molar-refractivity contribution in [3.8, 4) is 6.07 Å². The van der Waals surface area contributed by atoms with E-state index in [0.29, 0.717) is 17.8 Å². The molecule has 1 aromatic carbocycles. The van der Waals surface area contributed by atoms with Crippen molar-refractivity contribution in [2.45, 2.75) is 25.8 Å². The second kappa shape index (κ2) is 6.17. The topological polar surface area (TPSA) is 68.9 Å². The van der Waals surface area contributed by atoms with E-state index in [1.54, 1.807) is 6.07 Å². The Bertz CT molecular complexity index is 604. The van der Waals surface area contributed by atoms with Gasteiger partial charge in [-0.05, 0) is 25.0 Å². The molecule has 0 aliphatic heterocycles. The van der Waals surface area contributed by atoms with E-state index in [9.17, 15) is 5.26 Å². The number of pyridine rings is 1. The number of benzene rings is 1. The van der Waals surface area contributed by atoms with E-state index in [1.165, 1.54) is 0 Å². The van der Waals surface area contributed by atoms with Crippen LogP contribution in [0.3, 0.4) is 0 Å². The number of anilines is 1. The van der Waals surface area contributed by atoms with Crippen molar-refractivity contribution in [3.05, 3.63) is 35.9 Å². The Morgan fingerprint density at radius 2 is 2.21 bits per heavy atom. The highest BCUT2D eigenvalue weighted by Gasteiger charge is 2.09. The first-order valence-electron chi connectivity index (χ1n) is 6.45. The maximum absolute atomic E-state index is 9.21. The molecule has 0 saturated carbocycles. The number of nitriles is 1. The van der Waals surface area contributed by atoms with E-state index in [1.807, 2.05) is 24.3 Å². The van der Waals surface area contributed by atoms with Crippen LogP contribution >= 0.6 is 0 Å². The van der Waals surface area contributed by atoms with Gasteiger partial charge < -0.3 is 10.4 Å². The summed E-state index contributed by atoms with van der Waals surface area (Å²) in [5.41, 5.74) is 1.43. The highest BCUT2D eigenvalue weighted by molar-refractivity contribution is 5.86. The van der Waals surface area contributed by atoms with Crippen molar-refractivity contribution in [2.75, 3.05) is 11.9 Å². The Labute approximate surface area is 112 Å². The van der Waals surface area contributed by atoms with Gasteiger partial charge in [-0.25, -0.2) is 4.98 Å². The van der Waals surface area contributed by atoms with Crippen LogP contribution in [0.5, 0.6) is 0 Å². The summed E-state index contributed by atoms with van der Waals surface area (Å²) in [5.74, 6) is 0.690. The third-order valence-electron chi connectivity index (χ3n) is 3.16. The lowest BCUT2D eigenvalue weighted by atomic mass is 10.1. The Hall–Kier alpha value is -2.12. The predicted octanol–water partition coefficient (Wildman–Crippen LogP) is 2.68. The molecule has 0 fully saturated rings. The molecule has 1 aromatic heterocycles. The van der Waals surface area contributed by atoms with Gasteiger partial charge in [0.2, 0.25) is 0 Å². The van der Waals surface area contributed by atoms with Crippen LogP contribution in [-0.2, 0) is 0 Å². The highest BCUT2D eigenvalue weighted by Crippen LogP contribution is 2.21. The fraction of sp³-hybridized carbons (Fsp3) is 0.333. The minimum absolute atomic E-state index is 0.143. The Balaban J connectivity index is 2.37. The van der Waals surface area contributed by atoms with E-state index in [-0.39, 0.29) is 12.6 Å². The van der Waals surface area contributed by atoms with Crippen LogP contribution in [0, 0.1) is 11.3 Å². The zero-order chi connectivity index (χ0) is 13.7. The number of nitrogens with one attached hydrogen (secondary N) is 1. The second-order valence-electron chi connectivity index (χ2n) is 4.45. The number of rotatable bonds is 5. The SMILES string of the molecule is CCC(CCO)Nc1cc(C#N)c2ccccc2n1. The maximum atomic E-state index is 9.21. The number of hydrogen-bond acceptors (Lipinski definition) is 4. The van der Waals surface area contributed by atoms with E-state index in [0.717, 1.165) is 17.3 Å². The molecular formula is C15H17N3O. The summed E-state index contributed by atoms with van der Waals surface area (Å²) in [4.78, 5) is 4.51. The van der Waals surface area contributed by atoms with E-state index >= 15 is 0 Å². The molecule has 0 amide bonds. The van der Waals surface area contributed by atoms with Crippen LogP contribution in [-0.4, -0.2) is 22.7 Å². The summed E-state index contributed by atoms with van der Waals surface area (Å²) in [7, 11) is 0. The number of aromatic nitrogens is 1. The monoisotopic (exact) mass is 255 g/mol. The minimum atomic E-state index is 0.143. The van der Waals surface area contributed by atoms with Gasteiger partial charge in [0.05, 0.1) is 17.1 Å². The molecule has 1 heterocycles. The molecule has 0 bridgehead atoms. The third kappa shape index (κ3) is 3.01. The lowest BCUT2D eigenvalue weighted by molar-refractivity contribution is 0.278. The zero-order valence-corrected chi connectivity index (χ0v) is 10.9. The number of para-hydroxylation sites is 1. The summed E-state index contributed by atoms with van der Waals surface area (Å²) in [6.07, 6.45) is 1.57. The minimum Gasteiger partial charge on any atom is -0.396 e. The smallest absolute Gasteiger partial charge is 0.128 e. The van der Waals surface area contributed by atoms with Crippen LogP contribution in [0.25, 0.3) is 10.9 Å². The summed E-state index contributed by atoms with van der Waals surface area (Å²) in [6.45, 7) is 2.20. The number of aliphatic hydroxyl groups excluding tert-OH is 1. The molecule has 2 aromatic rings. The molecule has 0 radical (unpaired) electrons. The number of fused-ring (bicyclic) bond motifs is 1. The van der Waals surface area contributed by atoms with Gasteiger partial charge in [0.25, 0.3) is 0 Å². The Kier molecular flexibility index (Phi) is 4.32. The van der Waals surface area contributed by atoms with Crippen LogP contribution in [0.1, 0.15) is 25.3 Å². The van der Waals surface area contributed by atoms with Crippen molar-refractivity contribution in [1.29, 1.82) is 5.26 Å². The summed E-state index contributed by atoms with van der Waals surface area (Å²) in [6, 6.07) is 11.7. The molecule has 1 unspecified atom stereocenters. The van der Waals surface area contributed by atoms with Crippen molar-refractivity contribution < 1.29 is 5.11 Å².